The maximum absolute atomic E-state index is 12.3. The second-order valence-electron chi connectivity index (χ2n) is 5.59. The van der Waals surface area contributed by atoms with Crippen molar-refractivity contribution < 1.29 is 4.79 Å². The molecule has 3 rings (SSSR count). The van der Waals surface area contributed by atoms with Crippen LogP contribution in [0.5, 0.6) is 0 Å². The second kappa shape index (κ2) is 6.80. The predicted molar refractivity (Wildman–Crippen MR) is 97.2 cm³/mol. The molecule has 0 aliphatic rings. The molecule has 0 saturated carbocycles. The van der Waals surface area contributed by atoms with Gasteiger partial charge in [-0.2, -0.15) is 10.4 Å². The molecule has 5 nitrogen and oxygen atoms in total. The Balaban J connectivity index is 1.81. The van der Waals surface area contributed by atoms with Gasteiger partial charge in [-0.3, -0.25) is 4.79 Å². The van der Waals surface area contributed by atoms with E-state index in [4.69, 9.17) is 16.9 Å². The monoisotopic (exact) mass is 350 g/mol. The van der Waals surface area contributed by atoms with Crippen molar-refractivity contribution in [2.24, 2.45) is 0 Å². The van der Waals surface area contributed by atoms with E-state index in [-0.39, 0.29) is 5.91 Å². The third-order valence-corrected chi connectivity index (χ3v) is 4.37. The zero-order valence-electron chi connectivity index (χ0n) is 13.7. The molecule has 0 aliphatic carbocycles. The molecule has 0 fully saturated rings. The molecule has 0 radical (unpaired) electrons. The molecule has 0 aliphatic heterocycles. The molecule has 2 aromatic carbocycles. The number of aromatic nitrogens is 2. The number of nitrogens with one attached hydrogen (secondary N) is 1. The highest BCUT2D eigenvalue weighted by atomic mass is 35.5. The number of hydrogen-bond donors (Lipinski definition) is 1. The number of amides is 1. The van der Waals surface area contributed by atoms with Crippen LogP contribution in [0.1, 0.15) is 27.3 Å². The maximum atomic E-state index is 12.3. The minimum atomic E-state index is -0.243. The van der Waals surface area contributed by atoms with Gasteiger partial charge in [0.1, 0.15) is 0 Å². The van der Waals surface area contributed by atoms with Crippen LogP contribution in [0.2, 0.25) is 5.02 Å². The van der Waals surface area contributed by atoms with Gasteiger partial charge in [0.2, 0.25) is 0 Å². The topological polar surface area (TPSA) is 70.7 Å². The van der Waals surface area contributed by atoms with Crippen molar-refractivity contribution in [2.75, 3.05) is 5.32 Å². The van der Waals surface area contributed by atoms with Gasteiger partial charge < -0.3 is 5.32 Å². The molecule has 1 N–H and O–H groups in total. The van der Waals surface area contributed by atoms with Crippen LogP contribution in [-0.4, -0.2) is 15.7 Å². The number of rotatable bonds is 3. The van der Waals surface area contributed by atoms with Crippen LogP contribution >= 0.6 is 11.6 Å². The molecule has 1 heterocycles. The van der Waals surface area contributed by atoms with E-state index in [0.717, 1.165) is 17.1 Å². The molecule has 124 valence electrons. The van der Waals surface area contributed by atoms with Gasteiger partial charge in [-0.15, -0.1) is 0 Å². The van der Waals surface area contributed by atoms with Gasteiger partial charge in [-0.25, -0.2) is 4.68 Å². The highest BCUT2D eigenvalue weighted by molar-refractivity contribution is 6.31. The van der Waals surface area contributed by atoms with E-state index in [1.54, 1.807) is 41.1 Å². The summed E-state index contributed by atoms with van der Waals surface area (Å²) in [6.07, 6.45) is 0. The maximum Gasteiger partial charge on any atom is 0.255 e. The molecule has 1 aromatic heterocycles. The van der Waals surface area contributed by atoms with Crippen LogP contribution in [-0.2, 0) is 0 Å². The van der Waals surface area contributed by atoms with E-state index in [9.17, 15) is 4.79 Å². The molecular weight excluding hydrogens is 336 g/mol. The highest BCUT2D eigenvalue weighted by Gasteiger charge is 2.12. The predicted octanol–water partition coefficient (Wildman–Crippen LogP) is 4.27. The quantitative estimate of drug-likeness (QED) is 0.766. The van der Waals surface area contributed by atoms with E-state index in [1.165, 1.54) is 0 Å². The fourth-order valence-electron chi connectivity index (χ4n) is 2.50. The lowest BCUT2D eigenvalue weighted by Gasteiger charge is -2.08. The Morgan fingerprint density at radius 2 is 1.92 bits per heavy atom. The Morgan fingerprint density at radius 1 is 1.20 bits per heavy atom. The van der Waals surface area contributed by atoms with Crippen molar-refractivity contribution in [2.45, 2.75) is 13.8 Å². The molecule has 0 bridgehead atoms. The summed E-state index contributed by atoms with van der Waals surface area (Å²) in [5.41, 5.74) is 4.03. The first-order chi connectivity index (χ1) is 12.0. The Bertz CT molecular complexity index is 984. The minimum absolute atomic E-state index is 0.243. The van der Waals surface area contributed by atoms with Gasteiger partial charge in [0.15, 0.2) is 0 Å². The number of halogens is 1. The number of hydrogen-bond acceptors (Lipinski definition) is 3. The zero-order valence-corrected chi connectivity index (χ0v) is 14.5. The molecule has 0 unspecified atom stereocenters. The minimum Gasteiger partial charge on any atom is -0.322 e. The van der Waals surface area contributed by atoms with Crippen LogP contribution in [0.3, 0.4) is 0 Å². The molecule has 25 heavy (non-hydrogen) atoms. The lowest BCUT2D eigenvalue weighted by atomic mass is 10.1. The molecule has 6 heteroatoms. The van der Waals surface area contributed by atoms with E-state index >= 15 is 0 Å². The number of carbonyl (C=O) groups is 1. The van der Waals surface area contributed by atoms with E-state index in [0.29, 0.717) is 21.8 Å². The van der Waals surface area contributed by atoms with Gasteiger partial charge in [-0.05, 0) is 56.3 Å². The highest BCUT2D eigenvalue weighted by Crippen LogP contribution is 2.22. The lowest BCUT2D eigenvalue weighted by Crippen LogP contribution is -2.12. The summed E-state index contributed by atoms with van der Waals surface area (Å²) in [4.78, 5) is 12.3. The summed E-state index contributed by atoms with van der Waals surface area (Å²) in [6, 6.07) is 15.9. The Kier molecular flexibility index (Phi) is 4.55. The number of aryl methyl sites for hydroxylation is 1. The van der Waals surface area contributed by atoms with Gasteiger partial charge in [0.05, 0.1) is 33.7 Å². The van der Waals surface area contributed by atoms with Crippen molar-refractivity contribution in [3.05, 3.63) is 76.1 Å². The standard InChI is InChI=1S/C19H15ClN4O/c1-12-18(20)13(2)24(23-12)17-8-6-15(7-9-17)19(25)22-16-5-3-4-14(10-16)11-21/h3-10H,1-2H3,(H,22,25). The number of nitriles is 1. The fraction of sp³-hybridized carbons (Fsp3) is 0.105. The Hall–Kier alpha value is -3.10. The normalized spacial score (nSPS) is 10.3. The fourth-order valence-corrected chi connectivity index (χ4v) is 2.62. The molecule has 3 aromatic rings. The third-order valence-electron chi connectivity index (χ3n) is 3.83. The molecule has 0 spiro atoms. The van der Waals surface area contributed by atoms with Gasteiger partial charge in [-0.1, -0.05) is 17.7 Å². The van der Waals surface area contributed by atoms with Crippen molar-refractivity contribution in [1.82, 2.24) is 9.78 Å². The van der Waals surface area contributed by atoms with E-state index < -0.39 is 0 Å². The van der Waals surface area contributed by atoms with Crippen LogP contribution in [0.15, 0.2) is 48.5 Å². The van der Waals surface area contributed by atoms with Crippen molar-refractivity contribution in [3.63, 3.8) is 0 Å². The van der Waals surface area contributed by atoms with Gasteiger partial charge in [0, 0.05) is 11.3 Å². The van der Waals surface area contributed by atoms with Crippen LogP contribution in [0.25, 0.3) is 5.69 Å². The first kappa shape index (κ1) is 16.7. The summed E-state index contributed by atoms with van der Waals surface area (Å²) in [7, 11) is 0. The second-order valence-corrected chi connectivity index (χ2v) is 5.97. The Labute approximate surface area is 150 Å². The van der Waals surface area contributed by atoms with E-state index in [1.807, 2.05) is 32.0 Å². The average Bonchev–Trinajstić information content (AvgIpc) is 2.89. The molecule has 1 amide bonds. The Morgan fingerprint density at radius 3 is 2.52 bits per heavy atom. The summed E-state index contributed by atoms with van der Waals surface area (Å²) in [5, 5.41) is 16.7. The van der Waals surface area contributed by atoms with E-state index in [2.05, 4.69) is 10.4 Å². The zero-order chi connectivity index (χ0) is 18.0. The smallest absolute Gasteiger partial charge is 0.255 e. The summed E-state index contributed by atoms with van der Waals surface area (Å²) in [6.45, 7) is 3.74. The molecule has 0 atom stereocenters. The van der Waals surface area contributed by atoms with Crippen LogP contribution in [0, 0.1) is 25.2 Å². The number of benzene rings is 2. The third kappa shape index (κ3) is 3.39. The molecular formula is C19H15ClN4O. The first-order valence-corrected chi connectivity index (χ1v) is 8.01. The first-order valence-electron chi connectivity index (χ1n) is 7.63. The van der Waals surface area contributed by atoms with Crippen LogP contribution < -0.4 is 5.32 Å². The van der Waals surface area contributed by atoms with Crippen molar-refractivity contribution in [1.29, 1.82) is 5.26 Å². The summed E-state index contributed by atoms with van der Waals surface area (Å²) in [5.74, 6) is -0.243. The van der Waals surface area contributed by atoms with Crippen molar-refractivity contribution >= 4 is 23.2 Å². The van der Waals surface area contributed by atoms with Crippen molar-refractivity contribution in [3.8, 4) is 11.8 Å². The number of nitrogens with zero attached hydrogens (tertiary/aromatic N) is 3. The van der Waals surface area contributed by atoms with Gasteiger partial charge >= 0.3 is 0 Å². The largest absolute Gasteiger partial charge is 0.322 e. The SMILES string of the molecule is Cc1nn(-c2ccc(C(=O)Nc3cccc(C#N)c3)cc2)c(C)c1Cl. The number of anilines is 1. The summed E-state index contributed by atoms with van der Waals surface area (Å²) < 4.78 is 1.75. The summed E-state index contributed by atoms with van der Waals surface area (Å²) >= 11 is 6.17. The lowest BCUT2D eigenvalue weighted by molar-refractivity contribution is 0.102. The van der Waals surface area contributed by atoms with Gasteiger partial charge in [0.25, 0.3) is 5.91 Å². The molecule has 0 saturated heterocycles. The average molecular weight is 351 g/mol. The van der Waals surface area contributed by atoms with Crippen LogP contribution in [0.4, 0.5) is 5.69 Å². The number of carbonyl (C=O) groups excluding carboxylic acids is 1.